The minimum Gasteiger partial charge on any atom is -0.486 e. The van der Waals surface area contributed by atoms with Crippen molar-refractivity contribution in [1.29, 1.82) is 0 Å². The number of ether oxygens (including phenoxy) is 1. The monoisotopic (exact) mass is 498 g/mol. The Hall–Kier alpha value is -3.41. The third-order valence-corrected chi connectivity index (χ3v) is 6.45. The van der Waals surface area contributed by atoms with Crippen molar-refractivity contribution in [1.82, 2.24) is 25.3 Å². The summed E-state index contributed by atoms with van der Waals surface area (Å²) in [4.78, 5) is 29.5. The number of carbonyl (C=O) groups is 2. The average molecular weight is 499 g/mol. The Kier molecular flexibility index (Phi) is 8.35. The van der Waals surface area contributed by atoms with Gasteiger partial charge in [-0.25, -0.2) is 4.39 Å². The largest absolute Gasteiger partial charge is 0.486 e. The molecule has 0 atom stereocenters. The molecule has 0 spiro atoms. The lowest BCUT2D eigenvalue weighted by molar-refractivity contribution is 0.0940. The Morgan fingerprint density at radius 1 is 1.00 bits per heavy atom. The van der Waals surface area contributed by atoms with Gasteiger partial charge in [-0.2, -0.15) is 0 Å². The van der Waals surface area contributed by atoms with Gasteiger partial charge in [0, 0.05) is 50.5 Å². The molecule has 2 N–H and O–H groups in total. The number of rotatable bonds is 9. The Morgan fingerprint density at radius 2 is 1.71 bits per heavy atom. The first-order valence-electron chi connectivity index (χ1n) is 11.3. The van der Waals surface area contributed by atoms with Crippen molar-refractivity contribution in [3.63, 3.8) is 0 Å². The van der Waals surface area contributed by atoms with Crippen molar-refractivity contribution >= 4 is 28.8 Å². The molecule has 1 fully saturated rings. The van der Waals surface area contributed by atoms with E-state index in [9.17, 15) is 14.0 Å². The number of amides is 2. The molecule has 9 nitrogen and oxygen atoms in total. The molecular weight excluding hydrogens is 471 g/mol. The zero-order valence-corrected chi connectivity index (χ0v) is 20.2. The Morgan fingerprint density at radius 3 is 2.43 bits per heavy atom. The summed E-state index contributed by atoms with van der Waals surface area (Å²) in [5, 5.41) is 14.3. The smallest absolute Gasteiger partial charge is 0.286 e. The molecule has 0 unspecified atom stereocenters. The van der Waals surface area contributed by atoms with Crippen molar-refractivity contribution in [2.45, 2.75) is 6.61 Å². The number of hydrogen-bond acceptors (Lipinski definition) is 8. The van der Waals surface area contributed by atoms with E-state index in [-0.39, 0.29) is 23.3 Å². The second-order valence-corrected chi connectivity index (χ2v) is 9.24. The topological polar surface area (TPSA) is 99.7 Å². The van der Waals surface area contributed by atoms with Crippen LogP contribution in [-0.2, 0) is 6.61 Å². The van der Waals surface area contributed by atoms with E-state index in [1.165, 1.54) is 24.3 Å². The van der Waals surface area contributed by atoms with Gasteiger partial charge in [0.2, 0.25) is 5.01 Å². The first-order chi connectivity index (χ1) is 17.0. The maximum Gasteiger partial charge on any atom is 0.286 e. The van der Waals surface area contributed by atoms with Crippen LogP contribution in [0.3, 0.4) is 0 Å². The van der Waals surface area contributed by atoms with Gasteiger partial charge in [0.15, 0.2) is 5.01 Å². The fourth-order valence-corrected chi connectivity index (χ4v) is 4.12. The summed E-state index contributed by atoms with van der Waals surface area (Å²) in [6.07, 6.45) is 0. The zero-order valence-electron chi connectivity index (χ0n) is 19.4. The van der Waals surface area contributed by atoms with Gasteiger partial charge in [0.25, 0.3) is 11.8 Å². The highest BCUT2D eigenvalue weighted by Gasteiger charge is 2.15. The van der Waals surface area contributed by atoms with Gasteiger partial charge in [-0.3, -0.25) is 14.5 Å². The van der Waals surface area contributed by atoms with E-state index >= 15 is 0 Å². The maximum atomic E-state index is 13.0. The molecule has 0 saturated carbocycles. The van der Waals surface area contributed by atoms with Gasteiger partial charge in [-0.1, -0.05) is 11.3 Å². The van der Waals surface area contributed by atoms with Gasteiger partial charge in [-0.05, 0) is 55.6 Å². The fourth-order valence-electron chi connectivity index (χ4n) is 3.47. The van der Waals surface area contributed by atoms with Crippen molar-refractivity contribution in [3.8, 4) is 5.75 Å². The molecule has 3 aromatic rings. The summed E-state index contributed by atoms with van der Waals surface area (Å²) in [6.45, 7) is 5.65. The summed E-state index contributed by atoms with van der Waals surface area (Å²) < 4.78 is 18.5. The summed E-state index contributed by atoms with van der Waals surface area (Å²) >= 11 is 1.11. The van der Waals surface area contributed by atoms with Crippen molar-refractivity contribution in [3.05, 3.63) is 69.9 Å². The summed E-state index contributed by atoms with van der Waals surface area (Å²) in [5.41, 5.74) is 1.07. The number of likely N-dealkylation sites (N-methyl/N-ethyl adjacent to an activating group) is 1. The Bertz CT molecular complexity index is 1130. The highest BCUT2D eigenvalue weighted by atomic mass is 32.1. The molecule has 0 radical (unpaired) electrons. The summed E-state index contributed by atoms with van der Waals surface area (Å²) in [6, 6.07) is 12.3. The second kappa shape index (κ2) is 11.8. The quantitative estimate of drug-likeness (QED) is 0.468. The number of nitrogens with one attached hydrogen (secondary N) is 2. The molecule has 0 bridgehead atoms. The SMILES string of the molecule is CN1CCN(CCNC(=O)c2ccc(NC(=O)c3nnc(COc4ccc(F)cc4)s3)cc2)CC1. The van der Waals surface area contributed by atoms with Gasteiger partial charge in [0.1, 0.15) is 18.2 Å². The van der Waals surface area contributed by atoms with Crippen LogP contribution in [0.4, 0.5) is 10.1 Å². The van der Waals surface area contributed by atoms with E-state index in [0.717, 1.165) is 44.1 Å². The average Bonchev–Trinajstić information content (AvgIpc) is 3.35. The number of aromatic nitrogens is 2. The van der Waals surface area contributed by atoms with Crippen molar-refractivity contribution in [2.75, 3.05) is 51.6 Å². The summed E-state index contributed by atoms with van der Waals surface area (Å²) in [7, 11) is 2.11. The lowest BCUT2D eigenvalue weighted by atomic mass is 10.2. The predicted octanol–water partition coefficient (Wildman–Crippen LogP) is 2.49. The van der Waals surface area contributed by atoms with E-state index in [0.29, 0.717) is 28.6 Å². The number of piperazine rings is 1. The molecule has 35 heavy (non-hydrogen) atoms. The molecule has 1 aromatic heterocycles. The van der Waals surface area contributed by atoms with Crippen LogP contribution in [-0.4, -0.2) is 78.1 Å². The van der Waals surface area contributed by atoms with Crippen molar-refractivity contribution in [2.24, 2.45) is 0 Å². The number of nitrogens with zero attached hydrogens (tertiary/aromatic N) is 4. The molecule has 184 valence electrons. The van der Waals surface area contributed by atoms with Gasteiger partial charge < -0.3 is 20.3 Å². The van der Waals surface area contributed by atoms with E-state index in [4.69, 9.17) is 4.74 Å². The fraction of sp³-hybridized carbons (Fsp3) is 0.333. The standard InChI is InChI=1S/C24H27FN6O3S/c1-30-12-14-31(15-13-30)11-10-26-22(32)17-2-6-19(7-3-17)27-23(33)24-29-28-21(35-24)16-34-20-8-4-18(25)5-9-20/h2-9H,10-16H2,1H3,(H,26,32)(H,27,33). The van der Waals surface area contributed by atoms with E-state index in [1.807, 2.05) is 0 Å². The Balaban J connectivity index is 1.22. The lowest BCUT2D eigenvalue weighted by Crippen LogP contribution is -2.46. The van der Waals surface area contributed by atoms with Crippen molar-refractivity contribution < 1.29 is 18.7 Å². The van der Waals surface area contributed by atoms with Crippen LogP contribution in [0.25, 0.3) is 0 Å². The third kappa shape index (κ3) is 7.28. The zero-order chi connectivity index (χ0) is 24.6. The Labute approximate surface area is 206 Å². The van der Waals surface area contributed by atoms with Crippen LogP contribution in [0.15, 0.2) is 48.5 Å². The highest BCUT2D eigenvalue weighted by Crippen LogP contribution is 2.17. The minimum absolute atomic E-state index is 0.120. The lowest BCUT2D eigenvalue weighted by Gasteiger charge is -2.32. The number of halogens is 1. The molecule has 1 aliphatic heterocycles. The number of anilines is 1. The summed E-state index contributed by atoms with van der Waals surface area (Å²) in [5.74, 6) is -0.398. The minimum atomic E-state index is -0.403. The number of hydrogen-bond donors (Lipinski definition) is 2. The van der Waals surface area contributed by atoms with E-state index in [2.05, 4.69) is 37.7 Å². The molecule has 2 aromatic carbocycles. The molecular formula is C24H27FN6O3S. The molecule has 0 aliphatic carbocycles. The first-order valence-corrected chi connectivity index (χ1v) is 12.1. The van der Waals surface area contributed by atoms with Crippen LogP contribution in [0.5, 0.6) is 5.75 Å². The normalized spacial score (nSPS) is 14.5. The van der Waals surface area contributed by atoms with Gasteiger partial charge >= 0.3 is 0 Å². The van der Waals surface area contributed by atoms with Gasteiger partial charge in [0.05, 0.1) is 0 Å². The predicted molar refractivity (Wildman–Crippen MR) is 131 cm³/mol. The van der Waals surface area contributed by atoms with Gasteiger partial charge in [-0.15, -0.1) is 10.2 Å². The third-order valence-electron chi connectivity index (χ3n) is 5.55. The maximum absolute atomic E-state index is 13.0. The molecule has 1 aliphatic rings. The highest BCUT2D eigenvalue weighted by molar-refractivity contribution is 7.13. The van der Waals surface area contributed by atoms with Crippen LogP contribution in [0.1, 0.15) is 25.2 Å². The second-order valence-electron chi connectivity index (χ2n) is 8.18. The molecule has 11 heteroatoms. The molecule has 2 heterocycles. The van der Waals surface area contributed by atoms with Crippen LogP contribution in [0, 0.1) is 5.82 Å². The van der Waals surface area contributed by atoms with Crippen LogP contribution >= 0.6 is 11.3 Å². The van der Waals surface area contributed by atoms with E-state index < -0.39 is 5.91 Å². The molecule has 1 saturated heterocycles. The molecule has 2 amide bonds. The number of carbonyl (C=O) groups excluding carboxylic acids is 2. The van der Waals surface area contributed by atoms with Crippen LogP contribution < -0.4 is 15.4 Å². The van der Waals surface area contributed by atoms with Crippen LogP contribution in [0.2, 0.25) is 0 Å². The molecule has 4 rings (SSSR count). The first kappa shape index (κ1) is 24.7. The van der Waals surface area contributed by atoms with E-state index in [1.54, 1.807) is 24.3 Å². The number of benzene rings is 2.